The summed E-state index contributed by atoms with van der Waals surface area (Å²) < 4.78 is 18.8. The molecule has 0 saturated heterocycles. The number of nitrogens with zero attached hydrogens (tertiary/aromatic N) is 3. The predicted octanol–water partition coefficient (Wildman–Crippen LogP) is 4.05. The van der Waals surface area contributed by atoms with Crippen molar-refractivity contribution in [2.24, 2.45) is 0 Å². The van der Waals surface area contributed by atoms with Gasteiger partial charge < -0.3 is 19.8 Å². The first-order valence-corrected chi connectivity index (χ1v) is 10.8. The molecule has 0 radical (unpaired) electrons. The van der Waals surface area contributed by atoms with Crippen molar-refractivity contribution in [3.05, 3.63) is 59.2 Å². The zero-order chi connectivity index (χ0) is 24.8. The SMILES string of the molecule is Cc1cc(Nc2nc(-c3ccc(F)cc3)c(/C=C/[C@@H](O)C[C@@H](O)CC(=O)O)c(C(C)C)n2)on1. The van der Waals surface area contributed by atoms with E-state index in [2.05, 4.69) is 20.4 Å². The molecule has 0 fully saturated rings. The Bertz CT molecular complexity index is 1160. The van der Waals surface area contributed by atoms with Crippen molar-refractivity contribution in [1.82, 2.24) is 15.1 Å². The smallest absolute Gasteiger partial charge is 0.305 e. The van der Waals surface area contributed by atoms with Crippen molar-refractivity contribution >= 4 is 23.9 Å². The summed E-state index contributed by atoms with van der Waals surface area (Å²) in [6.07, 6.45) is 0.200. The van der Waals surface area contributed by atoms with Gasteiger partial charge in [-0.2, -0.15) is 0 Å². The number of anilines is 2. The van der Waals surface area contributed by atoms with Crippen LogP contribution in [0.25, 0.3) is 17.3 Å². The zero-order valence-electron chi connectivity index (χ0n) is 19.1. The summed E-state index contributed by atoms with van der Waals surface area (Å²) in [5.41, 5.74) is 3.06. The lowest BCUT2D eigenvalue weighted by atomic mass is 9.97. The van der Waals surface area contributed by atoms with Gasteiger partial charge in [0.25, 0.3) is 0 Å². The van der Waals surface area contributed by atoms with E-state index < -0.39 is 30.4 Å². The third-order valence-corrected chi connectivity index (χ3v) is 4.91. The number of halogens is 1. The summed E-state index contributed by atoms with van der Waals surface area (Å²) in [4.78, 5) is 20.0. The summed E-state index contributed by atoms with van der Waals surface area (Å²) in [6.45, 7) is 5.68. The highest BCUT2D eigenvalue weighted by atomic mass is 19.1. The molecular formula is C24H27FN4O5. The first-order chi connectivity index (χ1) is 16.1. The molecule has 0 bridgehead atoms. The Morgan fingerprint density at radius 1 is 1.21 bits per heavy atom. The van der Waals surface area contributed by atoms with Crippen LogP contribution in [-0.4, -0.2) is 48.6 Å². The minimum atomic E-state index is -1.19. The fraction of sp³-hybridized carbons (Fsp3) is 0.333. The molecule has 2 aromatic heterocycles. The van der Waals surface area contributed by atoms with Gasteiger partial charge in [0.05, 0.1) is 35.7 Å². The fourth-order valence-electron chi connectivity index (χ4n) is 3.36. The molecule has 0 unspecified atom stereocenters. The van der Waals surface area contributed by atoms with E-state index >= 15 is 0 Å². The summed E-state index contributed by atoms with van der Waals surface area (Å²) in [5, 5.41) is 35.7. The van der Waals surface area contributed by atoms with Gasteiger partial charge in [0.1, 0.15) is 5.82 Å². The monoisotopic (exact) mass is 470 g/mol. The summed E-state index contributed by atoms with van der Waals surface area (Å²) in [7, 11) is 0. The maximum Gasteiger partial charge on any atom is 0.305 e. The molecule has 1 aromatic carbocycles. The second-order valence-electron chi connectivity index (χ2n) is 8.23. The zero-order valence-corrected chi connectivity index (χ0v) is 19.1. The number of carboxylic acid groups (broad SMARTS) is 1. The van der Waals surface area contributed by atoms with Gasteiger partial charge >= 0.3 is 5.97 Å². The molecule has 0 amide bonds. The van der Waals surface area contributed by atoms with Crippen LogP contribution in [0, 0.1) is 12.7 Å². The van der Waals surface area contributed by atoms with Gasteiger partial charge in [0.2, 0.25) is 11.8 Å². The second-order valence-corrected chi connectivity index (χ2v) is 8.23. The number of aliphatic hydroxyl groups excluding tert-OH is 2. The minimum absolute atomic E-state index is 0.0476. The molecule has 0 aliphatic rings. The van der Waals surface area contributed by atoms with E-state index in [4.69, 9.17) is 9.63 Å². The van der Waals surface area contributed by atoms with Gasteiger partial charge in [0, 0.05) is 23.6 Å². The van der Waals surface area contributed by atoms with Crippen LogP contribution in [0.5, 0.6) is 0 Å². The fourth-order valence-corrected chi connectivity index (χ4v) is 3.36. The van der Waals surface area contributed by atoms with Crippen LogP contribution in [0.2, 0.25) is 0 Å². The molecule has 2 atom stereocenters. The van der Waals surface area contributed by atoms with Gasteiger partial charge in [-0.15, -0.1) is 0 Å². The van der Waals surface area contributed by atoms with Gasteiger partial charge in [-0.1, -0.05) is 31.2 Å². The van der Waals surface area contributed by atoms with Gasteiger partial charge in [-0.05, 0) is 37.1 Å². The average molecular weight is 471 g/mol. The molecule has 180 valence electrons. The maximum absolute atomic E-state index is 13.6. The number of aromatic nitrogens is 3. The average Bonchev–Trinajstić information content (AvgIpc) is 3.16. The van der Waals surface area contributed by atoms with Gasteiger partial charge in [-0.25, -0.2) is 14.4 Å². The molecule has 0 saturated carbocycles. The van der Waals surface area contributed by atoms with E-state index in [0.29, 0.717) is 34.1 Å². The van der Waals surface area contributed by atoms with Crippen molar-refractivity contribution in [3.63, 3.8) is 0 Å². The number of nitrogens with one attached hydrogen (secondary N) is 1. The van der Waals surface area contributed by atoms with Crippen LogP contribution in [0.1, 0.15) is 49.6 Å². The summed E-state index contributed by atoms with van der Waals surface area (Å²) in [5.74, 6) is -0.967. The number of aliphatic carboxylic acids is 1. The molecule has 0 spiro atoms. The quantitative estimate of drug-likeness (QED) is 0.345. The standard InChI is InChI=1S/C24H27FN4O5/c1-13(2)22-19(9-8-17(30)11-18(31)12-21(32)33)23(15-4-6-16(25)7-5-15)28-24(27-22)26-20-10-14(3)29-34-20/h4-10,13,17-18,30-31H,11-12H2,1-3H3,(H,32,33)(H,26,27,28)/b9-8+/t17-,18-/m1/s1. The highest BCUT2D eigenvalue weighted by Crippen LogP contribution is 2.31. The van der Waals surface area contributed by atoms with Crippen molar-refractivity contribution in [2.45, 2.75) is 51.7 Å². The van der Waals surface area contributed by atoms with E-state index in [1.54, 1.807) is 31.2 Å². The molecular weight excluding hydrogens is 443 g/mol. The van der Waals surface area contributed by atoms with Crippen molar-refractivity contribution in [2.75, 3.05) is 5.32 Å². The lowest BCUT2D eigenvalue weighted by Gasteiger charge is -2.16. The third kappa shape index (κ3) is 6.69. The second kappa shape index (κ2) is 11.0. The first-order valence-electron chi connectivity index (χ1n) is 10.8. The number of carboxylic acids is 1. The Hall–Kier alpha value is -3.63. The number of aryl methyl sites for hydroxylation is 1. The van der Waals surface area contributed by atoms with Crippen LogP contribution < -0.4 is 5.32 Å². The van der Waals surface area contributed by atoms with E-state index in [0.717, 1.165) is 0 Å². The predicted molar refractivity (Wildman–Crippen MR) is 124 cm³/mol. The van der Waals surface area contributed by atoms with Crippen molar-refractivity contribution < 1.29 is 29.0 Å². The number of hydrogen-bond acceptors (Lipinski definition) is 8. The third-order valence-electron chi connectivity index (χ3n) is 4.91. The molecule has 34 heavy (non-hydrogen) atoms. The molecule has 9 nitrogen and oxygen atoms in total. The van der Waals surface area contributed by atoms with Crippen molar-refractivity contribution in [1.29, 1.82) is 0 Å². The number of rotatable bonds is 10. The Kier molecular flexibility index (Phi) is 8.08. The minimum Gasteiger partial charge on any atom is -0.481 e. The van der Waals surface area contributed by atoms with E-state index in [1.165, 1.54) is 18.2 Å². The highest BCUT2D eigenvalue weighted by Gasteiger charge is 2.19. The molecule has 4 N–H and O–H groups in total. The normalized spacial score (nSPS) is 13.4. The summed E-state index contributed by atoms with van der Waals surface area (Å²) in [6, 6.07) is 7.53. The molecule has 2 heterocycles. The Labute approximate surface area is 196 Å². The first kappa shape index (κ1) is 25.0. The lowest BCUT2D eigenvalue weighted by molar-refractivity contribution is -0.139. The van der Waals surface area contributed by atoms with Gasteiger partial charge in [-0.3, -0.25) is 10.1 Å². The Morgan fingerprint density at radius 3 is 2.50 bits per heavy atom. The van der Waals surface area contributed by atoms with E-state index in [1.807, 2.05) is 13.8 Å². The molecule has 0 aliphatic heterocycles. The van der Waals surface area contributed by atoms with Gasteiger partial charge in [0.15, 0.2) is 0 Å². The van der Waals surface area contributed by atoms with Crippen LogP contribution in [0.15, 0.2) is 40.9 Å². The van der Waals surface area contributed by atoms with Crippen LogP contribution in [0.3, 0.4) is 0 Å². The Balaban J connectivity index is 2.03. The molecule has 10 heteroatoms. The molecule has 0 aliphatic carbocycles. The largest absolute Gasteiger partial charge is 0.481 e. The van der Waals surface area contributed by atoms with E-state index in [-0.39, 0.29) is 18.3 Å². The van der Waals surface area contributed by atoms with Crippen LogP contribution in [0.4, 0.5) is 16.2 Å². The van der Waals surface area contributed by atoms with Crippen LogP contribution >= 0.6 is 0 Å². The maximum atomic E-state index is 13.6. The molecule has 3 aromatic rings. The summed E-state index contributed by atoms with van der Waals surface area (Å²) >= 11 is 0. The number of benzene rings is 1. The number of hydrogen-bond donors (Lipinski definition) is 4. The van der Waals surface area contributed by atoms with E-state index in [9.17, 15) is 19.4 Å². The number of carbonyl (C=O) groups is 1. The highest BCUT2D eigenvalue weighted by molar-refractivity contribution is 5.75. The molecule has 3 rings (SSSR count). The topological polar surface area (TPSA) is 142 Å². The number of aliphatic hydroxyl groups is 2. The van der Waals surface area contributed by atoms with Crippen LogP contribution in [-0.2, 0) is 4.79 Å². The lowest BCUT2D eigenvalue weighted by Crippen LogP contribution is -2.19. The van der Waals surface area contributed by atoms with Crippen molar-refractivity contribution in [3.8, 4) is 11.3 Å². The Morgan fingerprint density at radius 2 is 1.91 bits per heavy atom.